The van der Waals surface area contributed by atoms with Gasteiger partial charge in [0.05, 0.1) is 13.2 Å². The van der Waals surface area contributed by atoms with E-state index in [0.29, 0.717) is 6.61 Å². The van der Waals surface area contributed by atoms with Crippen LogP contribution < -0.4 is 0 Å². The second kappa shape index (κ2) is 10.6. The van der Waals surface area contributed by atoms with E-state index >= 15 is 0 Å². The molecule has 0 amide bonds. The smallest absolute Gasteiger partial charge is 0.192 e. The van der Waals surface area contributed by atoms with Crippen LogP contribution in [0.3, 0.4) is 0 Å². The summed E-state index contributed by atoms with van der Waals surface area (Å²) in [6, 6.07) is 8.67. The Bertz CT molecular complexity index is 584. The molecule has 4 heteroatoms. The zero-order valence-corrected chi connectivity index (χ0v) is 18.9. The Hall–Kier alpha value is -0.943. The van der Waals surface area contributed by atoms with E-state index in [1.54, 1.807) is 0 Å². The minimum Gasteiger partial charge on any atom is -0.413 e. The summed E-state index contributed by atoms with van der Waals surface area (Å²) in [5.74, 6) is 0. The SMILES string of the molecule is CC(C)(C)[Si](C)(C)OCc1ccccc1CC/C=C/COC1CCCCO1. The summed E-state index contributed by atoms with van der Waals surface area (Å²) < 4.78 is 17.7. The third-order valence-corrected chi connectivity index (χ3v) is 10.3. The Morgan fingerprint density at radius 1 is 1.11 bits per heavy atom. The summed E-state index contributed by atoms with van der Waals surface area (Å²) >= 11 is 0. The van der Waals surface area contributed by atoms with E-state index < -0.39 is 8.32 Å². The number of aryl methyl sites for hydroxylation is 1. The number of allylic oxidation sites excluding steroid dienone is 1. The maximum absolute atomic E-state index is 6.42. The number of rotatable bonds is 9. The van der Waals surface area contributed by atoms with Gasteiger partial charge in [-0.1, -0.05) is 57.2 Å². The highest BCUT2D eigenvalue weighted by molar-refractivity contribution is 6.74. The zero-order chi connectivity index (χ0) is 19.8. The molecule has 1 saturated heterocycles. The van der Waals surface area contributed by atoms with E-state index in [9.17, 15) is 0 Å². The average Bonchev–Trinajstić information content (AvgIpc) is 2.63. The van der Waals surface area contributed by atoms with E-state index in [4.69, 9.17) is 13.9 Å². The van der Waals surface area contributed by atoms with Gasteiger partial charge < -0.3 is 13.9 Å². The predicted octanol–water partition coefficient (Wildman–Crippen LogP) is 6.24. The summed E-state index contributed by atoms with van der Waals surface area (Å²) in [4.78, 5) is 0. The Morgan fingerprint density at radius 2 is 1.85 bits per heavy atom. The molecule has 1 heterocycles. The first kappa shape index (κ1) is 22.3. The Kier molecular flexibility index (Phi) is 8.74. The highest BCUT2D eigenvalue weighted by atomic mass is 28.4. The van der Waals surface area contributed by atoms with Crippen molar-refractivity contribution in [1.29, 1.82) is 0 Å². The second-order valence-corrected chi connectivity index (χ2v) is 13.8. The van der Waals surface area contributed by atoms with Gasteiger partial charge in [0.15, 0.2) is 14.6 Å². The summed E-state index contributed by atoms with van der Waals surface area (Å²) in [5, 5.41) is 0.243. The quantitative estimate of drug-likeness (QED) is 0.369. The average molecular weight is 391 g/mol. The highest BCUT2D eigenvalue weighted by Crippen LogP contribution is 2.37. The number of benzene rings is 1. The number of hydrogen-bond donors (Lipinski definition) is 0. The first-order valence-corrected chi connectivity index (χ1v) is 13.3. The maximum Gasteiger partial charge on any atom is 0.192 e. The Morgan fingerprint density at radius 3 is 2.52 bits per heavy atom. The molecular formula is C23H38O3Si. The van der Waals surface area contributed by atoms with Gasteiger partial charge in [-0.15, -0.1) is 0 Å². The van der Waals surface area contributed by atoms with Crippen molar-refractivity contribution in [1.82, 2.24) is 0 Å². The molecule has 27 heavy (non-hydrogen) atoms. The standard InChI is InChI=1S/C23H38O3Si/c1-23(2,3)27(4,5)26-19-21-15-9-8-14-20(21)13-7-6-11-17-24-22-16-10-12-18-25-22/h6,8-9,11,14-15,22H,7,10,12-13,16-19H2,1-5H3/b11-6+. The van der Waals surface area contributed by atoms with Crippen molar-refractivity contribution in [3.05, 3.63) is 47.5 Å². The molecule has 1 unspecified atom stereocenters. The topological polar surface area (TPSA) is 27.7 Å². The lowest BCUT2D eigenvalue weighted by Crippen LogP contribution is -2.40. The van der Waals surface area contributed by atoms with Crippen molar-refractivity contribution in [2.75, 3.05) is 13.2 Å². The van der Waals surface area contributed by atoms with Gasteiger partial charge in [-0.25, -0.2) is 0 Å². The zero-order valence-electron chi connectivity index (χ0n) is 17.9. The van der Waals surface area contributed by atoms with Gasteiger partial charge in [0, 0.05) is 6.61 Å². The van der Waals surface area contributed by atoms with Crippen LogP contribution in [0.15, 0.2) is 36.4 Å². The molecule has 1 aromatic rings. The summed E-state index contributed by atoms with van der Waals surface area (Å²) in [7, 11) is -1.72. The molecule has 1 aliphatic rings. The third kappa shape index (κ3) is 7.53. The lowest BCUT2D eigenvalue weighted by Gasteiger charge is -2.36. The fourth-order valence-corrected chi connectivity index (χ4v) is 3.80. The fourth-order valence-electron chi connectivity index (χ4n) is 2.85. The molecule has 1 atom stereocenters. The Balaban J connectivity index is 1.77. The number of hydrogen-bond acceptors (Lipinski definition) is 3. The van der Waals surface area contributed by atoms with Crippen molar-refractivity contribution < 1.29 is 13.9 Å². The predicted molar refractivity (Wildman–Crippen MR) is 115 cm³/mol. The second-order valence-electron chi connectivity index (χ2n) is 8.96. The molecule has 1 fully saturated rings. The summed E-state index contributed by atoms with van der Waals surface area (Å²) in [5.41, 5.74) is 2.71. The summed E-state index contributed by atoms with van der Waals surface area (Å²) in [6.45, 7) is 13.7. The monoisotopic (exact) mass is 390 g/mol. The van der Waals surface area contributed by atoms with Gasteiger partial charge in [-0.2, -0.15) is 0 Å². The van der Waals surface area contributed by atoms with Crippen molar-refractivity contribution in [2.45, 2.75) is 83.9 Å². The molecule has 0 bridgehead atoms. The van der Waals surface area contributed by atoms with Gasteiger partial charge in [0.1, 0.15) is 0 Å². The van der Waals surface area contributed by atoms with Crippen molar-refractivity contribution in [3.63, 3.8) is 0 Å². The van der Waals surface area contributed by atoms with Crippen molar-refractivity contribution in [3.8, 4) is 0 Å². The molecule has 0 aromatic heterocycles. The molecular weight excluding hydrogens is 352 g/mol. The normalized spacial score (nSPS) is 18.9. The molecule has 1 aliphatic heterocycles. The van der Waals surface area contributed by atoms with Crippen molar-refractivity contribution in [2.24, 2.45) is 0 Å². The van der Waals surface area contributed by atoms with E-state index in [1.165, 1.54) is 17.5 Å². The lowest BCUT2D eigenvalue weighted by molar-refractivity contribution is -0.155. The molecule has 0 saturated carbocycles. The van der Waals surface area contributed by atoms with Crippen LogP contribution in [0, 0.1) is 0 Å². The van der Waals surface area contributed by atoms with Crippen molar-refractivity contribution >= 4 is 8.32 Å². The maximum atomic E-state index is 6.42. The van der Waals surface area contributed by atoms with Gasteiger partial charge in [0.2, 0.25) is 0 Å². The third-order valence-electron chi connectivity index (χ3n) is 5.78. The van der Waals surface area contributed by atoms with E-state index in [-0.39, 0.29) is 11.3 Å². The van der Waals surface area contributed by atoms with Crippen LogP contribution in [0.5, 0.6) is 0 Å². The molecule has 0 aliphatic carbocycles. The van der Waals surface area contributed by atoms with Crippen LogP contribution in [-0.2, 0) is 26.9 Å². The first-order chi connectivity index (χ1) is 12.8. The van der Waals surface area contributed by atoms with Crippen LogP contribution in [-0.4, -0.2) is 27.8 Å². The molecule has 0 radical (unpaired) electrons. The Labute approximate surface area is 167 Å². The lowest BCUT2D eigenvalue weighted by atomic mass is 10.0. The van der Waals surface area contributed by atoms with Gasteiger partial charge in [-0.05, 0) is 61.4 Å². The van der Waals surface area contributed by atoms with E-state index in [1.807, 2.05) is 0 Å². The molecule has 2 rings (SSSR count). The minimum absolute atomic E-state index is 0.00314. The molecule has 1 aromatic carbocycles. The minimum atomic E-state index is -1.72. The number of ether oxygens (including phenoxy) is 2. The molecule has 0 spiro atoms. The van der Waals surface area contributed by atoms with Gasteiger partial charge in [0.25, 0.3) is 0 Å². The van der Waals surface area contributed by atoms with E-state index in [2.05, 4.69) is 70.3 Å². The van der Waals surface area contributed by atoms with E-state index in [0.717, 1.165) is 38.9 Å². The van der Waals surface area contributed by atoms with Crippen LogP contribution in [0.2, 0.25) is 18.1 Å². The molecule has 152 valence electrons. The largest absolute Gasteiger partial charge is 0.413 e. The van der Waals surface area contributed by atoms with Crippen LogP contribution in [0.1, 0.15) is 57.6 Å². The van der Waals surface area contributed by atoms with Crippen LogP contribution in [0.25, 0.3) is 0 Å². The molecule has 3 nitrogen and oxygen atoms in total. The van der Waals surface area contributed by atoms with Gasteiger partial charge in [-0.3, -0.25) is 0 Å². The van der Waals surface area contributed by atoms with Crippen LogP contribution >= 0.6 is 0 Å². The van der Waals surface area contributed by atoms with Crippen LogP contribution in [0.4, 0.5) is 0 Å². The molecule has 0 N–H and O–H groups in total. The first-order valence-electron chi connectivity index (χ1n) is 10.4. The highest BCUT2D eigenvalue weighted by Gasteiger charge is 2.37. The fraction of sp³-hybridized carbons (Fsp3) is 0.652. The van der Waals surface area contributed by atoms with Gasteiger partial charge >= 0.3 is 0 Å². The summed E-state index contributed by atoms with van der Waals surface area (Å²) in [6.07, 6.45) is 9.78.